The Labute approximate surface area is 168 Å². The third-order valence-electron chi connectivity index (χ3n) is 5.49. The van der Waals surface area contributed by atoms with Crippen LogP contribution in [-0.2, 0) is 13.0 Å². The number of ether oxygens (including phenoxy) is 2. The fourth-order valence-corrected chi connectivity index (χ4v) is 3.81. The summed E-state index contributed by atoms with van der Waals surface area (Å²) in [5.74, 6) is 3.28. The molecule has 1 fully saturated rings. The molecule has 0 amide bonds. The summed E-state index contributed by atoms with van der Waals surface area (Å²) in [6.07, 6.45) is 4.85. The van der Waals surface area contributed by atoms with Crippen molar-refractivity contribution in [2.45, 2.75) is 31.9 Å². The summed E-state index contributed by atoms with van der Waals surface area (Å²) < 4.78 is 18.9. The second kappa shape index (κ2) is 7.82. The first-order chi connectivity index (χ1) is 14.2. The average molecular weight is 396 g/mol. The van der Waals surface area contributed by atoms with E-state index in [9.17, 15) is 0 Å². The topological polar surface area (TPSA) is 91.3 Å². The summed E-state index contributed by atoms with van der Waals surface area (Å²) >= 11 is 0. The molecule has 2 aromatic heterocycles. The van der Waals surface area contributed by atoms with Gasteiger partial charge in [0.15, 0.2) is 29.1 Å². The highest BCUT2D eigenvalue weighted by Crippen LogP contribution is 2.31. The van der Waals surface area contributed by atoms with Gasteiger partial charge >= 0.3 is 0 Å². The third kappa shape index (κ3) is 4.09. The second-order valence-electron chi connectivity index (χ2n) is 7.79. The van der Waals surface area contributed by atoms with Gasteiger partial charge in [0.2, 0.25) is 0 Å². The molecule has 1 atom stereocenters. The minimum absolute atomic E-state index is 0.137. The first kappa shape index (κ1) is 18.1. The zero-order chi connectivity index (χ0) is 19.6. The van der Waals surface area contributed by atoms with Crippen LogP contribution < -0.4 is 9.47 Å². The number of hydrogen-bond acceptors (Lipinski definition) is 8. The van der Waals surface area contributed by atoms with Crippen LogP contribution in [0.1, 0.15) is 18.7 Å². The zero-order valence-corrected chi connectivity index (χ0v) is 16.4. The number of likely N-dealkylation sites (tertiary alicyclic amines) is 1. The van der Waals surface area contributed by atoms with E-state index in [1.54, 1.807) is 10.9 Å². The Bertz CT molecular complexity index is 963. The quantitative estimate of drug-likeness (QED) is 0.647. The van der Waals surface area contributed by atoms with Crippen LogP contribution in [0, 0.1) is 5.92 Å². The monoisotopic (exact) mass is 396 g/mol. The molecule has 1 saturated heterocycles. The molecule has 2 aliphatic heterocycles. The average Bonchev–Trinajstić information content (AvgIpc) is 3.39. The van der Waals surface area contributed by atoms with Gasteiger partial charge in [0.1, 0.15) is 6.61 Å². The highest BCUT2D eigenvalue weighted by molar-refractivity contribution is 5.43. The van der Waals surface area contributed by atoms with Crippen LogP contribution in [-0.4, -0.2) is 62.9 Å². The Morgan fingerprint density at radius 3 is 2.83 bits per heavy atom. The number of hydrogen-bond donors (Lipinski definition) is 0. The van der Waals surface area contributed by atoms with Gasteiger partial charge in [-0.25, -0.2) is 4.68 Å². The molecular formula is C20H24N6O3. The van der Waals surface area contributed by atoms with Crippen LogP contribution in [0.4, 0.5) is 0 Å². The van der Waals surface area contributed by atoms with E-state index in [1.165, 1.54) is 12.8 Å². The minimum atomic E-state index is -0.137. The van der Waals surface area contributed by atoms with Crippen molar-refractivity contribution in [2.24, 2.45) is 5.92 Å². The lowest BCUT2D eigenvalue weighted by Crippen LogP contribution is -2.33. The van der Waals surface area contributed by atoms with Crippen molar-refractivity contribution in [3.8, 4) is 23.1 Å². The van der Waals surface area contributed by atoms with Crippen molar-refractivity contribution in [3.63, 3.8) is 0 Å². The van der Waals surface area contributed by atoms with E-state index >= 15 is 0 Å². The molecule has 1 aromatic carbocycles. The van der Waals surface area contributed by atoms with Crippen LogP contribution in [0.15, 0.2) is 35.0 Å². The normalized spacial score (nSPS) is 20.1. The van der Waals surface area contributed by atoms with E-state index in [-0.39, 0.29) is 6.10 Å². The maximum Gasteiger partial charge on any atom is 0.280 e. The minimum Gasteiger partial charge on any atom is -0.486 e. The molecule has 0 saturated carbocycles. The standard InChI is InChI=1S/C20H24N6O3/c1-25-8-6-14(7-9-25)10-19-21-20(29-23-19)16-12-26(24-22-16)11-15-13-27-17-4-2-3-5-18(17)28-15/h2-5,12,14-15H,6-11,13H2,1H3/t15-/m0/s1. The first-order valence-corrected chi connectivity index (χ1v) is 10.0. The zero-order valence-electron chi connectivity index (χ0n) is 16.4. The fourth-order valence-electron chi connectivity index (χ4n) is 3.81. The fraction of sp³-hybridized carbons (Fsp3) is 0.500. The van der Waals surface area contributed by atoms with Crippen LogP contribution in [0.25, 0.3) is 11.6 Å². The number of para-hydroxylation sites is 2. The second-order valence-corrected chi connectivity index (χ2v) is 7.79. The Morgan fingerprint density at radius 1 is 1.14 bits per heavy atom. The summed E-state index contributed by atoms with van der Waals surface area (Å²) in [6.45, 7) is 3.24. The van der Waals surface area contributed by atoms with Crippen molar-refractivity contribution in [2.75, 3.05) is 26.7 Å². The predicted molar refractivity (Wildman–Crippen MR) is 104 cm³/mol. The largest absolute Gasteiger partial charge is 0.486 e. The van der Waals surface area contributed by atoms with Gasteiger partial charge in [-0.15, -0.1) is 5.10 Å². The third-order valence-corrected chi connectivity index (χ3v) is 5.49. The molecule has 0 radical (unpaired) electrons. The summed E-state index contributed by atoms with van der Waals surface area (Å²) in [5, 5.41) is 12.5. The van der Waals surface area contributed by atoms with Gasteiger partial charge < -0.3 is 18.9 Å². The summed E-state index contributed by atoms with van der Waals surface area (Å²) in [7, 11) is 2.16. The lowest BCUT2D eigenvalue weighted by Gasteiger charge is -2.27. The predicted octanol–water partition coefficient (Wildman–Crippen LogP) is 2.05. The molecule has 29 heavy (non-hydrogen) atoms. The summed E-state index contributed by atoms with van der Waals surface area (Å²) in [6, 6.07) is 7.66. The van der Waals surface area contributed by atoms with Gasteiger partial charge in [-0.05, 0) is 51.0 Å². The van der Waals surface area contributed by atoms with Gasteiger partial charge in [-0.2, -0.15) is 4.98 Å². The van der Waals surface area contributed by atoms with E-state index in [2.05, 4.69) is 32.4 Å². The summed E-state index contributed by atoms with van der Waals surface area (Å²) in [4.78, 5) is 6.88. The molecule has 9 nitrogen and oxygen atoms in total. The Morgan fingerprint density at radius 2 is 1.97 bits per heavy atom. The van der Waals surface area contributed by atoms with Crippen LogP contribution >= 0.6 is 0 Å². The highest BCUT2D eigenvalue weighted by Gasteiger charge is 2.23. The van der Waals surface area contributed by atoms with Crippen molar-refractivity contribution >= 4 is 0 Å². The summed E-state index contributed by atoms with van der Waals surface area (Å²) in [5.41, 5.74) is 0.573. The van der Waals surface area contributed by atoms with Gasteiger partial charge in [-0.3, -0.25) is 0 Å². The van der Waals surface area contributed by atoms with Crippen LogP contribution in [0.2, 0.25) is 0 Å². The molecule has 0 aliphatic carbocycles. The van der Waals surface area contributed by atoms with E-state index in [0.717, 1.165) is 36.8 Å². The Balaban J connectivity index is 1.20. The van der Waals surface area contributed by atoms with Crippen molar-refractivity contribution in [3.05, 3.63) is 36.3 Å². The SMILES string of the molecule is CN1CCC(Cc2noc(-c3cn(C[C@H]4COc5ccccc5O4)nn3)n2)CC1. The van der Waals surface area contributed by atoms with Gasteiger partial charge in [0.05, 0.1) is 12.7 Å². The molecule has 4 heterocycles. The number of rotatable bonds is 5. The van der Waals surface area contributed by atoms with Gasteiger partial charge in [0.25, 0.3) is 5.89 Å². The van der Waals surface area contributed by atoms with E-state index < -0.39 is 0 Å². The number of fused-ring (bicyclic) bond motifs is 1. The molecule has 9 heteroatoms. The number of benzene rings is 1. The van der Waals surface area contributed by atoms with E-state index in [1.807, 2.05) is 24.3 Å². The molecule has 3 aromatic rings. The maximum atomic E-state index is 5.98. The lowest BCUT2D eigenvalue weighted by molar-refractivity contribution is 0.0755. The molecule has 152 valence electrons. The number of nitrogens with zero attached hydrogens (tertiary/aromatic N) is 6. The van der Waals surface area contributed by atoms with Crippen molar-refractivity contribution < 1.29 is 14.0 Å². The Hall–Kier alpha value is -2.94. The maximum absolute atomic E-state index is 5.98. The van der Waals surface area contributed by atoms with Gasteiger partial charge in [-0.1, -0.05) is 22.5 Å². The van der Waals surface area contributed by atoms with Gasteiger partial charge in [0, 0.05) is 6.42 Å². The highest BCUT2D eigenvalue weighted by atomic mass is 16.6. The molecule has 0 spiro atoms. The van der Waals surface area contributed by atoms with Crippen LogP contribution in [0.5, 0.6) is 11.5 Å². The lowest BCUT2D eigenvalue weighted by atomic mass is 9.94. The van der Waals surface area contributed by atoms with Crippen molar-refractivity contribution in [1.29, 1.82) is 0 Å². The first-order valence-electron chi connectivity index (χ1n) is 10.0. The van der Waals surface area contributed by atoms with E-state index in [0.29, 0.717) is 30.7 Å². The molecular weight excluding hydrogens is 372 g/mol. The molecule has 0 N–H and O–H groups in total. The smallest absolute Gasteiger partial charge is 0.280 e. The number of aromatic nitrogens is 5. The van der Waals surface area contributed by atoms with Crippen molar-refractivity contribution in [1.82, 2.24) is 30.0 Å². The molecule has 0 bridgehead atoms. The molecule has 2 aliphatic rings. The van der Waals surface area contributed by atoms with E-state index in [4.69, 9.17) is 14.0 Å². The molecule has 0 unspecified atom stereocenters. The number of piperidine rings is 1. The molecule has 5 rings (SSSR count). The van der Waals surface area contributed by atoms with Crippen LogP contribution in [0.3, 0.4) is 0 Å². The Kier molecular flexibility index (Phi) is 4.89.